The number of nitro benzene ring substituents is 1. The minimum Gasteiger partial charge on any atom is -0.466 e. The third-order valence-electron chi connectivity index (χ3n) is 2.58. The molecule has 0 radical (unpaired) electrons. The Balaban J connectivity index is 2.34. The number of carbonyl (C=O) groups is 1. The number of nitrogens with one attached hydrogen (secondary N) is 1. The predicted octanol–water partition coefficient (Wildman–Crippen LogP) is 2.68. The predicted molar refractivity (Wildman–Crippen MR) is 75.7 cm³/mol. The second kappa shape index (κ2) is 8.50. The standard InChI is InChI=1S/C13H17ClN2O4/c1-2-20-13(17)4-3-7-15-9-10-5-6-11(14)12(8-10)16(18)19/h5-6,8,15H,2-4,7,9H2,1H3. The molecule has 20 heavy (non-hydrogen) atoms. The fraction of sp³-hybridized carbons (Fsp3) is 0.462. The van der Waals surface area contributed by atoms with Gasteiger partial charge < -0.3 is 10.1 Å². The maximum absolute atomic E-state index is 11.1. The average molecular weight is 301 g/mol. The average Bonchev–Trinajstić information content (AvgIpc) is 2.40. The summed E-state index contributed by atoms with van der Waals surface area (Å²) in [5.41, 5.74) is 0.676. The molecule has 110 valence electrons. The van der Waals surface area contributed by atoms with Crippen LogP contribution in [0.3, 0.4) is 0 Å². The molecule has 0 atom stereocenters. The van der Waals surface area contributed by atoms with E-state index < -0.39 is 4.92 Å². The van der Waals surface area contributed by atoms with Crippen LogP contribution in [0.5, 0.6) is 0 Å². The van der Waals surface area contributed by atoms with Crippen molar-refractivity contribution < 1.29 is 14.5 Å². The van der Waals surface area contributed by atoms with Gasteiger partial charge in [-0.25, -0.2) is 0 Å². The number of nitrogens with zero attached hydrogens (tertiary/aromatic N) is 1. The Labute approximate surface area is 122 Å². The molecule has 0 aliphatic heterocycles. The van der Waals surface area contributed by atoms with Gasteiger partial charge in [0.15, 0.2) is 0 Å². The Hall–Kier alpha value is -1.66. The van der Waals surface area contributed by atoms with Crippen molar-refractivity contribution in [1.29, 1.82) is 0 Å². The smallest absolute Gasteiger partial charge is 0.305 e. The van der Waals surface area contributed by atoms with E-state index >= 15 is 0 Å². The summed E-state index contributed by atoms with van der Waals surface area (Å²) in [5, 5.41) is 14.0. The Morgan fingerprint density at radius 2 is 2.25 bits per heavy atom. The highest BCUT2D eigenvalue weighted by Gasteiger charge is 2.12. The van der Waals surface area contributed by atoms with Crippen molar-refractivity contribution >= 4 is 23.3 Å². The van der Waals surface area contributed by atoms with Gasteiger partial charge in [0.25, 0.3) is 5.69 Å². The summed E-state index contributed by atoms with van der Waals surface area (Å²) < 4.78 is 4.81. The summed E-state index contributed by atoms with van der Waals surface area (Å²) >= 11 is 5.73. The molecule has 0 bridgehead atoms. The van der Waals surface area contributed by atoms with Gasteiger partial charge in [-0.2, -0.15) is 0 Å². The van der Waals surface area contributed by atoms with Crippen LogP contribution in [-0.4, -0.2) is 24.0 Å². The van der Waals surface area contributed by atoms with E-state index in [0.29, 0.717) is 32.5 Å². The molecule has 0 saturated carbocycles. The van der Waals surface area contributed by atoms with Gasteiger partial charge in [0.2, 0.25) is 0 Å². The summed E-state index contributed by atoms with van der Waals surface area (Å²) in [7, 11) is 0. The molecule has 0 saturated heterocycles. The first-order chi connectivity index (χ1) is 9.54. The lowest BCUT2D eigenvalue weighted by atomic mass is 10.2. The van der Waals surface area contributed by atoms with Crippen molar-refractivity contribution in [3.8, 4) is 0 Å². The van der Waals surface area contributed by atoms with Crippen LogP contribution in [0, 0.1) is 10.1 Å². The zero-order valence-electron chi connectivity index (χ0n) is 11.2. The molecular weight excluding hydrogens is 284 g/mol. The van der Waals surface area contributed by atoms with Crippen LogP contribution in [0.25, 0.3) is 0 Å². The normalized spacial score (nSPS) is 10.3. The lowest BCUT2D eigenvalue weighted by molar-refractivity contribution is -0.384. The minimum absolute atomic E-state index is 0.0995. The quantitative estimate of drug-likeness (QED) is 0.345. The van der Waals surface area contributed by atoms with Gasteiger partial charge in [-0.05, 0) is 31.5 Å². The number of carbonyl (C=O) groups excluding carboxylic acids is 1. The molecule has 0 unspecified atom stereocenters. The SMILES string of the molecule is CCOC(=O)CCCNCc1ccc(Cl)c([N+](=O)[O-])c1. The fourth-order valence-corrected chi connectivity index (χ4v) is 1.82. The van der Waals surface area contributed by atoms with E-state index in [0.717, 1.165) is 5.56 Å². The first-order valence-corrected chi connectivity index (χ1v) is 6.71. The molecule has 0 fully saturated rings. The van der Waals surface area contributed by atoms with Crippen LogP contribution in [0.15, 0.2) is 18.2 Å². The molecule has 0 aromatic heterocycles. The van der Waals surface area contributed by atoms with E-state index in [9.17, 15) is 14.9 Å². The molecule has 0 amide bonds. The first kappa shape index (κ1) is 16.4. The van der Waals surface area contributed by atoms with E-state index in [4.69, 9.17) is 16.3 Å². The zero-order chi connectivity index (χ0) is 15.0. The molecule has 1 aromatic rings. The molecule has 6 nitrogen and oxygen atoms in total. The number of esters is 1. The molecule has 7 heteroatoms. The minimum atomic E-state index is -0.507. The van der Waals surface area contributed by atoms with Gasteiger partial charge in [0.1, 0.15) is 5.02 Å². The van der Waals surface area contributed by atoms with Gasteiger partial charge in [0, 0.05) is 19.0 Å². The van der Waals surface area contributed by atoms with Crippen LogP contribution in [-0.2, 0) is 16.1 Å². The van der Waals surface area contributed by atoms with E-state index in [2.05, 4.69) is 5.32 Å². The molecule has 0 aliphatic rings. The van der Waals surface area contributed by atoms with Gasteiger partial charge in [-0.15, -0.1) is 0 Å². The second-order valence-corrected chi connectivity index (χ2v) is 4.54. The zero-order valence-corrected chi connectivity index (χ0v) is 12.0. The highest BCUT2D eigenvalue weighted by Crippen LogP contribution is 2.24. The molecular formula is C13H17ClN2O4. The largest absolute Gasteiger partial charge is 0.466 e. The van der Waals surface area contributed by atoms with E-state index in [-0.39, 0.29) is 16.7 Å². The third-order valence-corrected chi connectivity index (χ3v) is 2.90. The Kier molecular flexibility index (Phi) is 6.97. The van der Waals surface area contributed by atoms with Crippen molar-refractivity contribution in [2.75, 3.05) is 13.2 Å². The van der Waals surface area contributed by atoms with Gasteiger partial charge in [0.05, 0.1) is 11.5 Å². The Morgan fingerprint density at radius 1 is 1.50 bits per heavy atom. The van der Waals surface area contributed by atoms with E-state index in [1.165, 1.54) is 12.1 Å². The number of benzene rings is 1. The summed E-state index contributed by atoms with van der Waals surface area (Å²) in [4.78, 5) is 21.3. The molecule has 1 N–H and O–H groups in total. The molecule has 0 heterocycles. The molecule has 1 rings (SSSR count). The highest BCUT2D eigenvalue weighted by atomic mass is 35.5. The van der Waals surface area contributed by atoms with Gasteiger partial charge >= 0.3 is 5.97 Å². The number of ether oxygens (including phenoxy) is 1. The lowest BCUT2D eigenvalue weighted by Crippen LogP contribution is -2.16. The first-order valence-electron chi connectivity index (χ1n) is 6.33. The number of rotatable bonds is 8. The summed E-state index contributed by atoms with van der Waals surface area (Å²) in [6, 6.07) is 4.68. The maximum Gasteiger partial charge on any atom is 0.305 e. The molecule has 0 spiro atoms. The fourth-order valence-electron chi connectivity index (χ4n) is 1.63. The third kappa shape index (κ3) is 5.54. The van der Waals surface area contributed by atoms with Crippen LogP contribution >= 0.6 is 11.6 Å². The van der Waals surface area contributed by atoms with Crippen molar-refractivity contribution in [3.05, 3.63) is 38.9 Å². The topological polar surface area (TPSA) is 81.5 Å². The summed E-state index contributed by atoms with van der Waals surface area (Å²) in [6.07, 6.45) is 1.02. The van der Waals surface area contributed by atoms with Crippen LogP contribution in [0.4, 0.5) is 5.69 Å². The Bertz CT molecular complexity index is 479. The van der Waals surface area contributed by atoms with Crippen LogP contribution in [0.1, 0.15) is 25.3 Å². The monoisotopic (exact) mass is 300 g/mol. The second-order valence-electron chi connectivity index (χ2n) is 4.13. The van der Waals surface area contributed by atoms with Crippen molar-refractivity contribution in [3.63, 3.8) is 0 Å². The van der Waals surface area contributed by atoms with Crippen molar-refractivity contribution in [2.45, 2.75) is 26.3 Å². The van der Waals surface area contributed by atoms with E-state index in [1.807, 2.05) is 0 Å². The van der Waals surface area contributed by atoms with E-state index in [1.54, 1.807) is 13.0 Å². The van der Waals surface area contributed by atoms with Gasteiger partial charge in [-0.1, -0.05) is 17.7 Å². The van der Waals surface area contributed by atoms with Crippen LogP contribution in [0.2, 0.25) is 5.02 Å². The highest BCUT2D eigenvalue weighted by molar-refractivity contribution is 6.32. The van der Waals surface area contributed by atoms with Crippen molar-refractivity contribution in [2.24, 2.45) is 0 Å². The maximum atomic E-state index is 11.1. The number of nitro groups is 1. The Morgan fingerprint density at radius 3 is 2.90 bits per heavy atom. The van der Waals surface area contributed by atoms with Crippen molar-refractivity contribution in [1.82, 2.24) is 5.32 Å². The van der Waals surface area contributed by atoms with Crippen LogP contribution < -0.4 is 5.32 Å². The number of hydrogen-bond acceptors (Lipinski definition) is 5. The molecule has 0 aliphatic carbocycles. The number of hydrogen-bond donors (Lipinski definition) is 1. The summed E-state index contributed by atoms with van der Waals surface area (Å²) in [5.74, 6) is -0.212. The van der Waals surface area contributed by atoms with Gasteiger partial charge in [-0.3, -0.25) is 14.9 Å². The lowest BCUT2D eigenvalue weighted by Gasteiger charge is -2.05. The number of halogens is 1. The molecule has 1 aromatic carbocycles. The summed E-state index contributed by atoms with van der Waals surface area (Å²) in [6.45, 7) is 3.28.